The Kier molecular flexibility index (Phi) is 4.34. The summed E-state index contributed by atoms with van der Waals surface area (Å²) < 4.78 is 0. The molecule has 4 rings (SSSR count). The van der Waals surface area contributed by atoms with Crippen LogP contribution in [0.1, 0.15) is 29.3 Å². The third-order valence-corrected chi connectivity index (χ3v) is 5.88. The first kappa shape index (κ1) is 16.9. The van der Waals surface area contributed by atoms with E-state index in [1.165, 1.54) is 4.88 Å². The molecule has 1 atom stereocenters. The van der Waals surface area contributed by atoms with Crippen molar-refractivity contribution in [2.75, 3.05) is 18.1 Å². The Labute approximate surface area is 155 Å². The highest BCUT2D eigenvalue weighted by Gasteiger charge is 2.46. The fourth-order valence-electron chi connectivity index (χ4n) is 3.53. The van der Waals surface area contributed by atoms with E-state index in [1.54, 1.807) is 23.5 Å². The van der Waals surface area contributed by atoms with Crippen LogP contribution >= 0.6 is 11.3 Å². The standard InChI is InChI=1S/C19H19N3O3S/c1-13-6-8-14(9-7-13)22-18(24)17(23)21(19(22)25)12-20-10-2-4-15(20)16-5-3-11-26-16/h3,5-9,11,15H,2,4,10,12H2,1H3/t15-/m1/s1. The molecule has 0 spiro atoms. The largest absolute Gasteiger partial charge is 0.340 e. The lowest BCUT2D eigenvalue weighted by atomic mass is 10.2. The summed E-state index contributed by atoms with van der Waals surface area (Å²) in [6, 6.07) is 10.7. The molecule has 0 bridgehead atoms. The van der Waals surface area contributed by atoms with Crippen LogP contribution in [-0.2, 0) is 9.59 Å². The second-order valence-electron chi connectivity index (χ2n) is 6.62. The maximum Gasteiger partial charge on any atom is 0.340 e. The molecule has 134 valence electrons. The minimum Gasteiger partial charge on any atom is -0.278 e. The van der Waals surface area contributed by atoms with E-state index in [0.29, 0.717) is 5.69 Å². The molecule has 3 heterocycles. The Morgan fingerprint density at radius 3 is 2.54 bits per heavy atom. The molecule has 1 aromatic carbocycles. The van der Waals surface area contributed by atoms with Crippen LogP contribution in [0.15, 0.2) is 41.8 Å². The second-order valence-corrected chi connectivity index (χ2v) is 7.60. The topological polar surface area (TPSA) is 60.9 Å². The van der Waals surface area contributed by atoms with Gasteiger partial charge in [0.25, 0.3) is 0 Å². The number of rotatable bonds is 4. The monoisotopic (exact) mass is 369 g/mol. The Morgan fingerprint density at radius 2 is 1.85 bits per heavy atom. The number of thiophene rings is 1. The van der Waals surface area contributed by atoms with Crippen LogP contribution < -0.4 is 4.90 Å². The molecule has 7 heteroatoms. The number of benzene rings is 1. The molecular formula is C19H19N3O3S. The van der Waals surface area contributed by atoms with Crippen LogP contribution in [0, 0.1) is 6.92 Å². The van der Waals surface area contributed by atoms with Gasteiger partial charge in [0.15, 0.2) is 0 Å². The maximum atomic E-state index is 12.8. The summed E-state index contributed by atoms with van der Waals surface area (Å²) in [4.78, 5) is 43.0. The van der Waals surface area contributed by atoms with Gasteiger partial charge >= 0.3 is 17.8 Å². The number of aryl methyl sites for hydroxylation is 1. The molecule has 0 radical (unpaired) electrons. The first-order chi connectivity index (χ1) is 12.6. The number of carbonyl (C=O) groups is 3. The van der Waals surface area contributed by atoms with Crippen molar-refractivity contribution >= 4 is 34.9 Å². The molecule has 0 unspecified atom stereocenters. The van der Waals surface area contributed by atoms with Gasteiger partial charge in [0.1, 0.15) is 0 Å². The number of urea groups is 1. The zero-order valence-electron chi connectivity index (χ0n) is 14.4. The van der Waals surface area contributed by atoms with E-state index in [2.05, 4.69) is 11.0 Å². The van der Waals surface area contributed by atoms with Gasteiger partial charge in [-0.05, 0) is 43.3 Å². The van der Waals surface area contributed by atoms with Crippen LogP contribution in [0.2, 0.25) is 0 Å². The van der Waals surface area contributed by atoms with Crippen molar-refractivity contribution in [2.45, 2.75) is 25.8 Å². The lowest BCUT2D eigenvalue weighted by Gasteiger charge is -2.27. The van der Waals surface area contributed by atoms with Gasteiger partial charge in [-0.3, -0.25) is 14.5 Å². The molecule has 1 aromatic heterocycles. The SMILES string of the molecule is Cc1ccc(N2C(=O)C(=O)N(CN3CCC[C@@H]3c3cccs3)C2=O)cc1. The van der Waals surface area contributed by atoms with Crippen molar-refractivity contribution < 1.29 is 14.4 Å². The smallest absolute Gasteiger partial charge is 0.278 e. The summed E-state index contributed by atoms with van der Waals surface area (Å²) in [6.07, 6.45) is 2.00. The molecule has 2 saturated heterocycles. The van der Waals surface area contributed by atoms with Crippen LogP contribution in [0.5, 0.6) is 0 Å². The molecule has 2 aromatic rings. The Balaban J connectivity index is 1.55. The highest BCUT2D eigenvalue weighted by molar-refractivity contribution is 7.10. The molecule has 2 fully saturated rings. The third-order valence-electron chi connectivity index (χ3n) is 4.90. The van der Waals surface area contributed by atoms with Gasteiger partial charge in [0, 0.05) is 17.5 Å². The highest BCUT2D eigenvalue weighted by Crippen LogP contribution is 2.35. The predicted octanol–water partition coefficient (Wildman–Crippen LogP) is 3.15. The van der Waals surface area contributed by atoms with Gasteiger partial charge in [-0.25, -0.2) is 14.6 Å². The van der Waals surface area contributed by atoms with Crippen molar-refractivity contribution in [3.63, 3.8) is 0 Å². The van der Waals surface area contributed by atoms with E-state index in [9.17, 15) is 14.4 Å². The maximum absolute atomic E-state index is 12.8. The lowest BCUT2D eigenvalue weighted by molar-refractivity contribution is -0.140. The quantitative estimate of drug-likeness (QED) is 0.614. The molecular weight excluding hydrogens is 350 g/mol. The van der Waals surface area contributed by atoms with E-state index in [4.69, 9.17) is 0 Å². The first-order valence-corrected chi connectivity index (χ1v) is 9.48. The van der Waals surface area contributed by atoms with Gasteiger partial charge in [-0.15, -0.1) is 11.3 Å². The zero-order chi connectivity index (χ0) is 18.3. The fraction of sp³-hybridized carbons (Fsp3) is 0.316. The minimum absolute atomic E-state index is 0.147. The lowest BCUT2D eigenvalue weighted by Crippen LogP contribution is -2.42. The Hall–Kier alpha value is -2.51. The summed E-state index contributed by atoms with van der Waals surface area (Å²) >= 11 is 1.68. The molecule has 0 aliphatic carbocycles. The van der Waals surface area contributed by atoms with Crippen molar-refractivity contribution in [2.24, 2.45) is 0 Å². The number of carbonyl (C=O) groups excluding carboxylic acids is 3. The molecule has 2 aliphatic heterocycles. The molecule has 0 saturated carbocycles. The van der Waals surface area contributed by atoms with Crippen LogP contribution in [0.25, 0.3) is 0 Å². The van der Waals surface area contributed by atoms with Gasteiger partial charge in [0.05, 0.1) is 12.4 Å². The molecule has 26 heavy (non-hydrogen) atoms. The minimum atomic E-state index is -0.786. The van der Waals surface area contributed by atoms with E-state index in [-0.39, 0.29) is 12.7 Å². The van der Waals surface area contributed by atoms with E-state index >= 15 is 0 Å². The summed E-state index contributed by atoms with van der Waals surface area (Å²) in [5.74, 6) is -1.54. The second kappa shape index (κ2) is 6.66. The molecule has 4 amide bonds. The summed E-state index contributed by atoms with van der Waals surface area (Å²) in [5.41, 5.74) is 1.45. The highest BCUT2D eigenvalue weighted by atomic mass is 32.1. The number of hydrogen-bond donors (Lipinski definition) is 0. The summed E-state index contributed by atoms with van der Waals surface area (Å²) in [6.45, 7) is 2.87. The number of hydrogen-bond acceptors (Lipinski definition) is 5. The van der Waals surface area contributed by atoms with Gasteiger partial charge in [-0.2, -0.15) is 0 Å². The molecule has 0 N–H and O–H groups in total. The average Bonchev–Trinajstić information content (AvgIpc) is 3.35. The van der Waals surface area contributed by atoms with Crippen LogP contribution in [0.3, 0.4) is 0 Å². The van der Waals surface area contributed by atoms with E-state index in [1.807, 2.05) is 30.5 Å². The van der Waals surface area contributed by atoms with E-state index in [0.717, 1.165) is 34.7 Å². The predicted molar refractivity (Wildman–Crippen MR) is 98.8 cm³/mol. The summed E-state index contributed by atoms with van der Waals surface area (Å²) in [5, 5.41) is 2.03. The summed E-state index contributed by atoms with van der Waals surface area (Å²) in [7, 11) is 0. The van der Waals surface area contributed by atoms with Gasteiger partial charge < -0.3 is 0 Å². The molecule has 6 nitrogen and oxygen atoms in total. The van der Waals surface area contributed by atoms with Crippen LogP contribution in [0.4, 0.5) is 10.5 Å². The number of amides is 4. The average molecular weight is 369 g/mol. The third kappa shape index (κ3) is 2.83. The van der Waals surface area contributed by atoms with Gasteiger partial charge in [-0.1, -0.05) is 23.8 Å². The fourth-order valence-corrected chi connectivity index (χ4v) is 4.43. The molecule has 2 aliphatic rings. The van der Waals surface area contributed by atoms with Crippen molar-refractivity contribution in [3.8, 4) is 0 Å². The number of imide groups is 2. The van der Waals surface area contributed by atoms with Crippen molar-refractivity contribution in [1.29, 1.82) is 0 Å². The number of nitrogens with zero attached hydrogens (tertiary/aromatic N) is 3. The normalized spacial score (nSPS) is 21.3. The number of likely N-dealkylation sites (tertiary alicyclic amines) is 1. The Bertz CT molecular complexity index is 847. The number of anilines is 1. The van der Waals surface area contributed by atoms with Crippen molar-refractivity contribution in [1.82, 2.24) is 9.80 Å². The van der Waals surface area contributed by atoms with Crippen LogP contribution in [-0.4, -0.2) is 40.9 Å². The Morgan fingerprint density at radius 1 is 1.08 bits per heavy atom. The van der Waals surface area contributed by atoms with Crippen molar-refractivity contribution in [3.05, 3.63) is 52.2 Å². The zero-order valence-corrected chi connectivity index (χ0v) is 15.2. The van der Waals surface area contributed by atoms with E-state index < -0.39 is 17.8 Å². The van der Waals surface area contributed by atoms with Gasteiger partial charge in [0.2, 0.25) is 0 Å². The first-order valence-electron chi connectivity index (χ1n) is 8.60.